The van der Waals surface area contributed by atoms with E-state index in [0.717, 1.165) is 20.8 Å². The van der Waals surface area contributed by atoms with E-state index in [1.165, 1.54) is 11.3 Å². The number of ether oxygens (including phenoxy) is 2. The zero-order valence-electron chi connectivity index (χ0n) is 12.6. The number of hydrogen-bond donors (Lipinski definition) is 2. The van der Waals surface area contributed by atoms with E-state index >= 15 is 0 Å². The molecular formula is C17H14N2O3S. The van der Waals surface area contributed by atoms with Crippen LogP contribution in [0, 0.1) is 11.3 Å². The highest BCUT2D eigenvalue weighted by atomic mass is 32.1. The van der Waals surface area contributed by atoms with Gasteiger partial charge in [0.2, 0.25) is 0 Å². The quantitative estimate of drug-likeness (QED) is 0.701. The number of fused-ring (bicyclic) bond motifs is 1. The van der Waals surface area contributed by atoms with Gasteiger partial charge in [-0.25, -0.2) is 0 Å². The van der Waals surface area contributed by atoms with Gasteiger partial charge in [0.15, 0.2) is 11.5 Å². The first-order valence-corrected chi connectivity index (χ1v) is 7.62. The topological polar surface area (TPSA) is 74.5 Å². The molecule has 2 aromatic carbocycles. The fraction of sp³-hybridized carbons (Fsp3) is 0.118. The second kappa shape index (κ2) is 6.07. The zero-order valence-corrected chi connectivity index (χ0v) is 13.4. The van der Waals surface area contributed by atoms with Crippen molar-refractivity contribution in [2.24, 2.45) is 0 Å². The van der Waals surface area contributed by atoms with Crippen LogP contribution < -0.4 is 14.8 Å². The largest absolute Gasteiger partial charge is 0.508 e. The molecule has 3 aromatic rings. The normalized spacial score (nSPS) is 10.3. The van der Waals surface area contributed by atoms with Crippen LogP contribution in [0.3, 0.4) is 0 Å². The molecule has 0 saturated carbocycles. The summed E-state index contributed by atoms with van der Waals surface area (Å²) in [6.07, 6.45) is 0. The molecule has 0 unspecified atom stereocenters. The Balaban J connectivity index is 2.10. The Labute approximate surface area is 137 Å². The van der Waals surface area contributed by atoms with Crippen LogP contribution in [0.2, 0.25) is 0 Å². The first kappa shape index (κ1) is 15.0. The van der Waals surface area contributed by atoms with Crippen LogP contribution in [-0.2, 0) is 0 Å². The van der Waals surface area contributed by atoms with Crippen molar-refractivity contribution in [3.05, 3.63) is 42.0 Å². The van der Waals surface area contributed by atoms with Crippen molar-refractivity contribution in [1.29, 1.82) is 5.26 Å². The molecule has 116 valence electrons. The Kier molecular flexibility index (Phi) is 3.96. The van der Waals surface area contributed by atoms with Crippen molar-refractivity contribution in [2.75, 3.05) is 19.5 Å². The summed E-state index contributed by atoms with van der Waals surface area (Å²) >= 11 is 1.46. The number of hydrogen-bond acceptors (Lipinski definition) is 6. The standard InChI is InChI=1S/C17H14N2O3S/c1-21-14-7-12-13(9-18)17(23-16(12)8-15(14)22-2)19-10-3-5-11(20)6-4-10/h3-8,19-20H,1-2H3. The van der Waals surface area contributed by atoms with E-state index in [0.29, 0.717) is 17.1 Å². The van der Waals surface area contributed by atoms with Gasteiger partial charge in [-0.05, 0) is 30.3 Å². The minimum Gasteiger partial charge on any atom is -0.508 e. The van der Waals surface area contributed by atoms with Gasteiger partial charge in [-0.2, -0.15) is 5.26 Å². The molecule has 0 bridgehead atoms. The summed E-state index contributed by atoms with van der Waals surface area (Å²) in [5.41, 5.74) is 1.35. The van der Waals surface area contributed by atoms with Gasteiger partial charge in [-0.15, -0.1) is 11.3 Å². The van der Waals surface area contributed by atoms with Crippen molar-refractivity contribution >= 4 is 32.1 Å². The Hall–Kier alpha value is -2.91. The van der Waals surface area contributed by atoms with E-state index in [1.807, 2.05) is 12.1 Å². The zero-order chi connectivity index (χ0) is 16.4. The average Bonchev–Trinajstić information content (AvgIpc) is 2.91. The molecule has 6 heteroatoms. The van der Waals surface area contributed by atoms with Crippen LogP contribution in [0.25, 0.3) is 10.1 Å². The molecule has 23 heavy (non-hydrogen) atoms. The summed E-state index contributed by atoms with van der Waals surface area (Å²) in [6, 6.07) is 12.6. The summed E-state index contributed by atoms with van der Waals surface area (Å²) in [5, 5.41) is 23.6. The maximum atomic E-state index is 9.52. The van der Waals surface area contributed by atoms with Crippen LogP contribution in [-0.4, -0.2) is 19.3 Å². The number of aromatic hydroxyl groups is 1. The number of anilines is 2. The number of nitriles is 1. The lowest BCUT2D eigenvalue weighted by Gasteiger charge is -2.06. The number of nitrogens with one attached hydrogen (secondary N) is 1. The first-order chi connectivity index (χ1) is 11.2. The van der Waals surface area contributed by atoms with Gasteiger partial charge < -0.3 is 19.9 Å². The van der Waals surface area contributed by atoms with Crippen LogP contribution >= 0.6 is 11.3 Å². The summed E-state index contributed by atoms with van der Waals surface area (Å²) in [5.74, 6) is 1.41. The third-order valence-electron chi connectivity index (χ3n) is 3.43. The Bertz CT molecular complexity index is 895. The Morgan fingerprint density at radius 1 is 1.09 bits per heavy atom. The number of rotatable bonds is 4. The molecule has 0 aliphatic rings. The molecule has 1 aromatic heterocycles. The maximum absolute atomic E-state index is 9.52. The van der Waals surface area contributed by atoms with Crippen LogP contribution in [0.1, 0.15) is 5.56 Å². The number of methoxy groups -OCH3 is 2. The molecule has 0 spiro atoms. The van der Waals surface area contributed by atoms with E-state index < -0.39 is 0 Å². The fourth-order valence-corrected chi connectivity index (χ4v) is 3.38. The summed E-state index contributed by atoms with van der Waals surface area (Å²) in [6.45, 7) is 0. The van der Waals surface area contributed by atoms with Crippen molar-refractivity contribution in [3.8, 4) is 23.3 Å². The molecule has 0 radical (unpaired) electrons. The summed E-state index contributed by atoms with van der Waals surface area (Å²) in [7, 11) is 3.15. The number of benzene rings is 2. The minimum atomic E-state index is 0.196. The Morgan fingerprint density at radius 3 is 2.35 bits per heavy atom. The van der Waals surface area contributed by atoms with E-state index in [2.05, 4.69) is 11.4 Å². The SMILES string of the molecule is COc1cc2sc(Nc3ccc(O)cc3)c(C#N)c2cc1OC. The minimum absolute atomic E-state index is 0.196. The van der Waals surface area contributed by atoms with Crippen molar-refractivity contribution < 1.29 is 14.6 Å². The summed E-state index contributed by atoms with van der Waals surface area (Å²) < 4.78 is 11.5. The molecule has 0 aliphatic heterocycles. The van der Waals surface area contributed by atoms with Gasteiger partial charge in [0.25, 0.3) is 0 Å². The van der Waals surface area contributed by atoms with Crippen molar-refractivity contribution in [3.63, 3.8) is 0 Å². The highest BCUT2D eigenvalue weighted by molar-refractivity contribution is 7.23. The lowest BCUT2D eigenvalue weighted by molar-refractivity contribution is 0.356. The predicted octanol–water partition coefficient (Wildman–Crippen LogP) is 4.24. The van der Waals surface area contributed by atoms with Gasteiger partial charge in [-0.1, -0.05) is 0 Å². The second-order valence-electron chi connectivity index (χ2n) is 4.79. The maximum Gasteiger partial charge on any atom is 0.162 e. The smallest absolute Gasteiger partial charge is 0.162 e. The molecule has 0 fully saturated rings. The van der Waals surface area contributed by atoms with E-state index in [9.17, 15) is 10.4 Å². The predicted molar refractivity (Wildman–Crippen MR) is 91.0 cm³/mol. The van der Waals surface area contributed by atoms with Gasteiger partial charge in [0, 0.05) is 21.8 Å². The first-order valence-electron chi connectivity index (χ1n) is 6.81. The van der Waals surface area contributed by atoms with Crippen LogP contribution in [0.15, 0.2) is 36.4 Å². The molecular weight excluding hydrogens is 312 g/mol. The average molecular weight is 326 g/mol. The third kappa shape index (κ3) is 2.74. The molecule has 0 amide bonds. The number of phenols is 1. The van der Waals surface area contributed by atoms with E-state index in [1.54, 1.807) is 38.5 Å². The van der Waals surface area contributed by atoms with E-state index in [4.69, 9.17) is 9.47 Å². The molecule has 3 rings (SSSR count). The Morgan fingerprint density at radius 2 is 1.74 bits per heavy atom. The highest BCUT2D eigenvalue weighted by Gasteiger charge is 2.16. The third-order valence-corrected chi connectivity index (χ3v) is 4.50. The fourth-order valence-electron chi connectivity index (χ4n) is 2.30. The second-order valence-corrected chi connectivity index (χ2v) is 5.85. The lowest BCUT2D eigenvalue weighted by Crippen LogP contribution is -1.90. The van der Waals surface area contributed by atoms with Crippen LogP contribution in [0.5, 0.6) is 17.2 Å². The molecule has 2 N–H and O–H groups in total. The number of nitrogens with zero attached hydrogens (tertiary/aromatic N) is 1. The summed E-state index contributed by atoms with van der Waals surface area (Å²) in [4.78, 5) is 0. The van der Waals surface area contributed by atoms with Gasteiger partial charge in [-0.3, -0.25) is 0 Å². The number of phenolic OH excluding ortho intramolecular Hbond substituents is 1. The van der Waals surface area contributed by atoms with Gasteiger partial charge in [0.1, 0.15) is 16.8 Å². The molecule has 5 nitrogen and oxygen atoms in total. The van der Waals surface area contributed by atoms with Gasteiger partial charge >= 0.3 is 0 Å². The van der Waals surface area contributed by atoms with Crippen LogP contribution in [0.4, 0.5) is 10.7 Å². The highest BCUT2D eigenvalue weighted by Crippen LogP contribution is 2.42. The monoisotopic (exact) mass is 326 g/mol. The van der Waals surface area contributed by atoms with E-state index in [-0.39, 0.29) is 5.75 Å². The lowest BCUT2D eigenvalue weighted by atomic mass is 10.1. The number of thiophene rings is 1. The molecule has 1 heterocycles. The van der Waals surface area contributed by atoms with Crippen molar-refractivity contribution in [2.45, 2.75) is 0 Å². The molecule has 0 saturated heterocycles. The van der Waals surface area contributed by atoms with Gasteiger partial charge in [0.05, 0.1) is 19.8 Å². The van der Waals surface area contributed by atoms with Crippen molar-refractivity contribution in [1.82, 2.24) is 0 Å². The molecule has 0 aliphatic carbocycles. The molecule has 0 atom stereocenters.